The van der Waals surface area contributed by atoms with Crippen molar-refractivity contribution in [3.05, 3.63) is 89.0 Å². The van der Waals surface area contributed by atoms with Crippen LogP contribution in [-0.2, 0) is 24.9 Å². The Hall–Kier alpha value is -5.31. The molecule has 2 atom stereocenters. The van der Waals surface area contributed by atoms with E-state index >= 15 is 4.39 Å². The topological polar surface area (TPSA) is 159 Å². The number of carbonyl (C=O) groups is 2. The second kappa shape index (κ2) is 15.4. The van der Waals surface area contributed by atoms with Gasteiger partial charge < -0.3 is 15.4 Å². The number of halogens is 9. The van der Waals surface area contributed by atoms with E-state index in [0.717, 1.165) is 44.6 Å². The van der Waals surface area contributed by atoms with Gasteiger partial charge in [-0.25, -0.2) is 31.4 Å². The van der Waals surface area contributed by atoms with Crippen molar-refractivity contribution in [3.8, 4) is 22.5 Å². The molecule has 2 heterocycles. The SMILES string of the molecule is CC(C)(C[C@]1(c2ccc(-c3ccc(S(C)(=O)=O)cc3F)cc2)NC(=N)N([C@H](COC(=O)NC2(C(F)F)CC2)c2ccc(Cl)c(-c3ncnn3C(F)F)c2)C1=O)C(F)(F)F. The van der Waals surface area contributed by atoms with Crippen molar-refractivity contribution < 1.29 is 57.9 Å². The van der Waals surface area contributed by atoms with E-state index in [0.29, 0.717) is 4.90 Å². The van der Waals surface area contributed by atoms with E-state index in [1.165, 1.54) is 42.5 Å². The maximum Gasteiger partial charge on any atom is 0.407 e. The molecule has 3 aromatic carbocycles. The lowest BCUT2D eigenvalue weighted by atomic mass is 9.73. The first-order valence-corrected chi connectivity index (χ1v) is 19.8. The van der Waals surface area contributed by atoms with Gasteiger partial charge in [-0.1, -0.05) is 61.8 Å². The van der Waals surface area contributed by atoms with Crippen molar-refractivity contribution in [1.29, 1.82) is 5.41 Å². The Morgan fingerprint density at radius 1 is 1.03 bits per heavy atom. The van der Waals surface area contributed by atoms with E-state index in [9.17, 15) is 48.7 Å². The quantitative estimate of drug-likeness (QED) is 0.114. The first kappa shape index (κ1) is 43.3. The molecule has 1 aliphatic carbocycles. The average molecular weight is 876 g/mol. The number of ether oxygens (including phenoxy) is 1. The molecule has 22 heteroatoms. The number of sulfone groups is 1. The molecule has 0 spiro atoms. The molecule has 4 aromatic rings. The summed E-state index contributed by atoms with van der Waals surface area (Å²) >= 11 is 6.37. The van der Waals surface area contributed by atoms with E-state index < -0.39 is 94.2 Å². The Morgan fingerprint density at radius 3 is 2.25 bits per heavy atom. The van der Waals surface area contributed by atoms with E-state index in [1.54, 1.807) is 0 Å². The van der Waals surface area contributed by atoms with Crippen LogP contribution in [-0.4, -0.2) is 77.0 Å². The minimum absolute atomic E-state index is 0.0647. The smallest absolute Gasteiger partial charge is 0.407 e. The molecule has 1 aromatic heterocycles. The molecule has 2 amide bonds. The van der Waals surface area contributed by atoms with Gasteiger partial charge in [0.1, 0.15) is 29.8 Å². The number of guanidine groups is 1. The summed E-state index contributed by atoms with van der Waals surface area (Å²) < 4.78 is 143. The van der Waals surface area contributed by atoms with Gasteiger partial charge in [-0.15, -0.1) is 0 Å². The monoisotopic (exact) mass is 875 g/mol. The summed E-state index contributed by atoms with van der Waals surface area (Å²) in [5, 5.41) is 17.0. The van der Waals surface area contributed by atoms with Crippen LogP contribution in [0.25, 0.3) is 22.5 Å². The van der Waals surface area contributed by atoms with E-state index in [4.69, 9.17) is 21.7 Å². The number of alkyl halides is 7. The van der Waals surface area contributed by atoms with E-state index in [-0.39, 0.29) is 55.3 Å². The van der Waals surface area contributed by atoms with Crippen LogP contribution in [0.15, 0.2) is 71.9 Å². The first-order chi connectivity index (χ1) is 27.4. The molecule has 6 rings (SSSR count). The molecule has 2 aliphatic rings. The minimum atomic E-state index is -4.92. The van der Waals surface area contributed by atoms with Crippen LogP contribution >= 0.6 is 11.6 Å². The predicted molar refractivity (Wildman–Crippen MR) is 196 cm³/mol. The van der Waals surface area contributed by atoms with Crippen LogP contribution in [0.2, 0.25) is 5.02 Å². The van der Waals surface area contributed by atoms with Gasteiger partial charge in [-0.3, -0.25) is 15.1 Å². The number of benzene rings is 3. The number of hydrogen-bond acceptors (Lipinski definition) is 8. The second-order valence-corrected chi connectivity index (χ2v) is 17.3. The normalized spacial score (nSPS) is 18.6. The lowest BCUT2D eigenvalue weighted by Crippen LogP contribution is -2.50. The fourth-order valence-electron chi connectivity index (χ4n) is 6.75. The third kappa shape index (κ3) is 8.30. The number of nitrogens with zero attached hydrogens (tertiary/aromatic N) is 4. The molecule has 1 saturated heterocycles. The van der Waals surface area contributed by atoms with Gasteiger partial charge in [0.2, 0.25) is 0 Å². The fraction of sp³-hybridized carbons (Fsp3) is 0.378. The van der Waals surface area contributed by atoms with Crippen LogP contribution < -0.4 is 10.6 Å². The zero-order valence-electron chi connectivity index (χ0n) is 31.1. The Bertz CT molecular complexity index is 2410. The number of rotatable bonds is 13. The molecular weight excluding hydrogens is 842 g/mol. The van der Waals surface area contributed by atoms with Crippen molar-refractivity contribution in [2.75, 3.05) is 12.9 Å². The van der Waals surface area contributed by atoms with Crippen LogP contribution in [0.1, 0.15) is 56.8 Å². The Labute approximate surface area is 336 Å². The Morgan fingerprint density at radius 2 is 1.69 bits per heavy atom. The lowest BCUT2D eigenvalue weighted by molar-refractivity contribution is -0.218. The van der Waals surface area contributed by atoms with Crippen molar-refractivity contribution >= 4 is 39.4 Å². The number of hydrogen-bond donors (Lipinski definition) is 3. The molecule has 316 valence electrons. The summed E-state index contributed by atoms with van der Waals surface area (Å²) in [6, 6.07) is 10.2. The molecule has 0 radical (unpaired) electrons. The molecule has 0 unspecified atom stereocenters. The van der Waals surface area contributed by atoms with Crippen LogP contribution in [0.3, 0.4) is 0 Å². The predicted octanol–water partition coefficient (Wildman–Crippen LogP) is 8.01. The molecule has 1 aliphatic heterocycles. The minimum Gasteiger partial charge on any atom is -0.447 e. The summed E-state index contributed by atoms with van der Waals surface area (Å²) in [6.07, 6.45) is -8.69. The maximum absolute atomic E-state index is 15.2. The summed E-state index contributed by atoms with van der Waals surface area (Å²) in [5.41, 5.74) is -7.19. The molecular formula is C37H34ClF8N7O5S. The summed E-state index contributed by atoms with van der Waals surface area (Å²) in [7, 11) is -3.77. The Kier molecular flexibility index (Phi) is 11.3. The van der Waals surface area contributed by atoms with Gasteiger partial charge in [-0.2, -0.15) is 31.7 Å². The zero-order valence-corrected chi connectivity index (χ0v) is 32.6. The fourth-order valence-corrected chi connectivity index (χ4v) is 7.58. The van der Waals surface area contributed by atoms with Crippen molar-refractivity contribution in [2.45, 2.75) is 74.3 Å². The highest BCUT2D eigenvalue weighted by atomic mass is 35.5. The van der Waals surface area contributed by atoms with Gasteiger partial charge in [-0.05, 0) is 60.2 Å². The highest BCUT2D eigenvalue weighted by Gasteiger charge is 2.60. The Balaban J connectivity index is 1.45. The molecule has 59 heavy (non-hydrogen) atoms. The zero-order chi connectivity index (χ0) is 43.5. The standard InChI is InChI=1S/C37H34ClF8N7O5S/c1-34(2,37(44,45)46)17-36(21-7-4-19(5-8-21)23-10-9-22(15-26(23)39)59(3,56)57)30(54)52(32(47)50-36)27(16-58-33(55)51-35(12-13-35)29(40)41)20-6-11-25(38)24(14-20)28-48-18-49-53(28)31(42)43/h4-11,14-15,18,27,29,31H,12-13,16-17H2,1-3H3,(H2,47,50)(H,51,55)/t27-,36-/m1/s1. The van der Waals surface area contributed by atoms with Crippen LogP contribution in [0, 0.1) is 16.6 Å². The van der Waals surface area contributed by atoms with Gasteiger partial charge >= 0.3 is 18.8 Å². The second-order valence-electron chi connectivity index (χ2n) is 14.8. The average Bonchev–Trinajstić information content (AvgIpc) is 3.68. The molecule has 2 fully saturated rings. The summed E-state index contributed by atoms with van der Waals surface area (Å²) in [4.78, 5) is 32.0. The number of aromatic nitrogens is 3. The lowest BCUT2D eigenvalue weighted by Gasteiger charge is -2.37. The number of amides is 2. The first-order valence-electron chi connectivity index (χ1n) is 17.5. The summed E-state index contributed by atoms with van der Waals surface area (Å²) in [5.74, 6) is -3.35. The number of nitrogens with one attached hydrogen (secondary N) is 3. The van der Waals surface area contributed by atoms with E-state index in [2.05, 4.69) is 20.7 Å². The molecule has 0 bridgehead atoms. The molecule has 3 N–H and O–H groups in total. The highest BCUT2D eigenvalue weighted by molar-refractivity contribution is 7.90. The molecule has 12 nitrogen and oxygen atoms in total. The van der Waals surface area contributed by atoms with Gasteiger partial charge in [0.05, 0.1) is 21.4 Å². The van der Waals surface area contributed by atoms with Crippen LogP contribution in [0.4, 0.5) is 39.9 Å². The van der Waals surface area contributed by atoms with Gasteiger partial charge in [0.15, 0.2) is 21.6 Å². The van der Waals surface area contributed by atoms with Crippen LogP contribution in [0.5, 0.6) is 0 Å². The van der Waals surface area contributed by atoms with Gasteiger partial charge in [0.25, 0.3) is 12.3 Å². The largest absolute Gasteiger partial charge is 0.447 e. The maximum atomic E-state index is 15.2. The third-order valence-electron chi connectivity index (χ3n) is 10.3. The molecule has 1 saturated carbocycles. The van der Waals surface area contributed by atoms with Crippen molar-refractivity contribution in [1.82, 2.24) is 30.3 Å². The van der Waals surface area contributed by atoms with Gasteiger partial charge in [0, 0.05) is 17.4 Å². The van der Waals surface area contributed by atoms with E-state index in [1.807, 2.05) is 0 Å². The van der Waals surface area contributed by atoms with Crippen molar-refractivity contribution in [3.63, 3.8) is 0 Å². The summed E-state index contributed by atoms with van der Waals surface area (Å²) in [6.45, 7) is -2.43. The highest BCUT2D eigenvalue weighted by Crippen LogP contribution is 2.49. The number of alkyl carbamates (subject to hydrolysis) is 1. The number of carbonyl (C=O) groups excluding carboxylic acids is 2. The third-order valence-corrected chi connectivity index (χ3v) is 11.7. The van der Waals surface area contributed by atoms with Crippen molar-refractivity contribution in [2.24, 2.45) is 5.41 Å².